The third kappa shape index (κ3) is 1.71. The number of hydrogen-bond donors (Lipinski definition) is 1. The molecule has 4 heteroatoms. The van der Waals surface area contributed by atoms with Gasteiger partial charge in [0.1, 0.15) is 0 Å². The fourth-order valence-corrected chi connectivity index (χ4v) is 0.752. The van der Waals surface area contributed by atoms with E-state index in [1.807, 2.05) is 13.0 Å². The summed E-state index contributed by atoms with van der Waals surface area (Å²) < 4.78 is 4.43. The smallest absolute Gasteiger partial charge is 0.308 e. The molecule has 0 radical (unpaired) electrons. The highest BCUT2D eigenvalue weighted by Gasteiger charge is 2.10. The van der Waals surface area contributed by atoms with Gasteiger partial charge in [0.25, 0.3) is 0 Å². The molecular formula is C7H8N2O2. The second kappa shape index (κ2) is 3.06. The molecule has 1 aromatic rings. The molecule has 58 valence electrons. The maximum absolute atomic E-state index is 8.76. The van der Waals surface area contributed by atoms with E-state index in [9.17, 15) is 0 Å². The maximum atomic E-state index is 8.76. The molecule has 0 aliphatic rings. The van der Waals surface area contributed by atoms with Crippen LogP contribution in [0.15, 0.2) is 10.6 Å². The van der Waals surface area contributed by atoms with Crippen molar-refractivity contribution < 1.29 is 9.63 Å². The second-order valence-electron chi connectivity index (χ2n) is 2.35. The number of aromatic nitrogens is 1. The molecule has 0 spiro atoms. The molecule has 1 aromatic heterocycles. The van der Waals surface area contributed by atoms with Crippen molar-refractivity contribution in [3.8, 4) is 12.0 Å². The highest BCUT2D eigenvalue weighted by atomic mass is 16.5. The Balaban J connectivity index is 2.70. The van der Waals surface area contributed by atoms with E-state index in [2.05, 4.69) is 9.68 Å². The average molecular weight is 152 g/mol. The van der Waals surface area contributed by atoms with E-state index >= 15 is 0 Å². The van der Waals surface area contributed by atoms with Gasteiger partial charge in [0.05, 0.1) is 11.8 Å². The van der Waals surface area contributed by atoms with Crippen molar-refractivity contribution in [1.29, 1.82) is 5.26 Å². The molecular weight excluding hydrogens is 144 g/mol. The van der Waals surface area contributed by atoms with Crippen LogP contribution in [-0.2, 0) is 0 Å². The van der Waals surface area contributed by atoms with Gasteiger partial charge in [-0.05, 0) is 0 Å². The zero-order valence-corrected chi connectivity index (χ0v) is 6.11. The Morgan fingerprint density at radius 3 is 3.09 bits per heavy atom. The van der Waals surface area contributed by atoms with Crippen molar-refractivity contribution in [2.75, 3.05) is 0 Å². The van der Waals surface area contributed by atoms with Crippen molar-refractivity contribution in [2.24, 2.45) is 0 Å². The second-order valence-corrected chi connectivity index (χ2v) is 2.35. The van der Waals surface area contributed by atoms with Gasteiger partial charge in [-0.15, -0.1) is 0 Å². The van der Waals surface area contributed by atoms with Gasteiger partial charge < -0.3 is 9.63 Å². The van der Waals surface area contributed by atoms with Gasteiger partial charge in [-0.25, -0.2) is 0 Å². The first-order valence-electron chi connectivity index (χ1n) is 3.26. The van der Waals surface area contributed by atoms with Crippen LogP contribution in [0.2, 0.25) is 0 Å². The van der Waals surface area contributed by atoms with E-state index in [1.165, 1.54) is 6.07 Å². The van der Waals surface area contributed by atoms with Gasteiger partial charge in [-0.2, -0.15) is 5.26 Å². The molecule has 0 amide bonds. The van der Waals surface area contributed by atoms with E-state index in [0.717, 1.165) is 0 Å². The number of nitriles is 1. The van der Waals surface area contributed by atoms with Crippen molar-refractivity contribution in [3.63, 3.8) is 0 Å². The zero-order valence-electron chi connectivity index (χ0n) is 6.11. The Kier molecular flexibility index (Phi) is 2.12. The molecule has 0 unspecified atom stereocenters. The topological polar surface area (TPSA) is 70.0 Å². The first-order valence-corrected chi connectivity index (χ1v) is 3.26. The first-order chi connectivity index (χ1) is 5.24. The highest BCUT2D eigenvalue weighted by Crippen LogP contribution is 2.20. The Bertz CT molecular complexity index is 274. The van der Waals surface area contributed by atoms with Gasteiger partial charge in [0.2, 0.25) is 0 Å². The number of hydrogen-bond acceptors (Lipinski definition) is 4. The molecule has 0 fully saturated rings. The van der Waals surface area contributed by atoms with Crippen molar-refractivity contribution in [2.45, 2.75) is 19.3 Å². The van der Waals surface area contributed by atoms with E-state index in [1.54, 1.807) is 0 Å². The molecule has 0 bridgehead atoms. The Morgan fingerprint density at radius 2 is 2.64 bits per heavy atom. The fraction of sp³-hybridized carbons (Fsp3) is 0.429. The van der Waals surface area contributed by atoms with E-state index in [4.69, 9.17) is 10.4 Å². The van der Waals surface area contributed by atoms with Crippen molar-refractivity contribution in [3.05, 3.63) is 11.8 Å². The molecule has 1 N–H and O–H groups in total. The molecule has 0 aliphatic carbocycles. The third-order valence-electron chi connectivity index (χ3n) is 1.42. The van der Waals surface area contributed by atoms with Gasteiger partial charge in [0, 0.05) is 18.4 Å². The highest BCUT2D eigenvalue weighted by molar-refractivity contribution is 5.13. The van der Waals surface area contributed by atoms with Crippen LogP contribution >= 0.6 is 0 Å². The van der Waals surface area contributed by atoms with Crippen LogP contribution in [0, 0.1) is 11.3 Å². The SMILES string of the molecule is C[C@H](CC#N)c1cc(O)on1. The zero-order chi connectivity index (χ0) is 8.27. The molecule has 0 aliphatic heterocycles. The molecule has 0 saturated carbocycles. The lowest BCUT2D eigenvalue weighted by Gasteiger charge is -1.97. The molecule has 1 heterocycles. The summed E-state index contributed by atoms with van der Waals surface area (Å²) in [7, 11) is 0. The molecule has 1 atom stereocenters. The van der Waals surface area contributed by atoms with Gasteiger partial charge in [-0.3, -0.25) is 0 Å². The molecule has 4 nitrogen and oxygen atoms in total. The van der Waals surface area contributed by atoms with Crippen LogP contribution in [0.3, 0.4) is 0 Å². The Morgan fingerprint density at radius 1 is 1.91 bits per heavy atom. The summed E-state index contributed by atoms with van der Waals surface area (Å²) in [5.74, 6) is -0.186. The van der Waals surface area contributed by atoms with E-state index in [0.29, 0.717) is 12.1 Å². The summed E-state index contributed by atoms with van der Waals surface area (Å²) >= 11 is 0. The van der Waals surface area contributed by atoms with Crippen LogP contribution < -0.4 is 0 Å². The minimum Gasteiger partial charge on any atom is -0.479 e. The number of nitrogens with zero attached hydrogens (tertiary/aromatic N) is 2. The number of aromatic hydroxyl groups is 1. The lowest BCUT2D eigenvalue weighted by molar-refractivity contribution is 0.275. The largest absolute Gasteiger partial charge is 0.479 e. The molecule has 0 saturated heterocycles. The summed E-state index contributed by atoms with van der Waals surface area (Å²) in [6.45, 7) is 1.85. The van der Waals surface area contributed by atoms with E-state index < -0.39 is 0 Å². The lowest BCUT2D eigenvalue weighted by Crippen LogP contribution is -1.90. The predicted molar refractivity (Wildman–Crippen MR) is 36.8 cm³/mol. The summed E-state index contributed by atoms with van der Waals surface area (Å²) in [5, 5.41) is 20.7. The van der Waals surface area contributed by atoms with Crippen LogP contribution in [-0.4, -0.2) is 10.3 Å². The van der Waals surface area contributed by atoms with Crippen molar-refractivity contribution >= 4 is 0 Å². The van der Waals surface area contributed by atoms with Crippen LogP contribution in [0.1, 0.15) is 25.0 Å². The van der Waals surface area contributed by atoms with Gasteiger partial charge >= 0.3 is 5.95 Å². The summed E-state index contributed by atoms with van der Waals surface area (Å²) in [6, 6.07) is 3.43. The minimum absolute atomic E-state index is 0.0182. The summed E-state index contributed by atoms with van der Waals surface area (Å²) in [4.78, 5) is 0. The quantitative estimate of drug-likeness (QED) is 0.695. The third-order valence-corrected chi connectivity index (χ3v) is 1.42. The number of rotatable bonds is 2. The van der Waals surface area contributed by atoms with Gasteiger partial charge in [0.15, 0.2) is 0 Å². The Labute approximate surface area is 64.0 Å². The normalized spacial score (nSPS) is 12.4. The summed E-state index contributed by atoms with van der Waals surface area (Å²) in [6.07, 6.45) is 0.381. The molecule has 11 heavy (non-hydrogen) atoms. The molecule has 0 aromatic carbocycles. The molecule has 1 rings (SSSR count). The van der Waals surface area contributed by atoms with Crippen LogP contribution in [0.5, 0.6) is 5.95 Å². The summed E-state index contributed by atoms with van der Waals surface area (Å²) in [5.41, 5.74) is 0.615. The predicted octanol–water partition coefficient (Wildman–Crippen LogP) is 1.40. The Hall–Kier alpha value is -1.50. The minimum atomic E-state index is -0.204. The van der Waals surface area contributed by atoms with E-state index in [-0.39, 0.29) is 11.9 Å². The van der Waals surface area contributed by atoms with Crippen molar-refractivity contribution in [1.82, 2.24) is 5.16 Å². The van der Waals surface area contributed by atoms with Gasteiger partial charge in [-0.1, -0.05) is 12.1 Å². The maximum Gasteiger partial charge on any atom is 0.308 e. The lowest BCUT2D eigenvalue weighted by atomic mass is 10.1. The monoisotopic (exact) mass is 152 g/mol. The van der Waals surface area contributed by atoms with Crippen LogP contribution in [0.25, 0.3) is 0 Å². The van der Waals surface area contributed by atoms with Crippen LogP contribution in [0.4, 0.5) is 0 Å². The standard InChI is InChI=1S/C7H8N2O2/c1-5(2-3-8)6-4-7(10)11-9-6/h4-5,10H,2H2,1H3/t5-/m1/s1. The fourth-order valence-electron chi connectivity index (χ4n) is 0.752. The average Bonchev–Trinajstić information content (AvgIpc) is 2.36. The first kappa shape index (κ1) is 7.61.